The number of thiophene rings is 1. The first-order valence-electron chi connectivity index (χ1n) is 7.56. The van der Waals surface area contributed by atoms with Gasteiger partial charge in [0.1, 0.15) is 5.70 Å². The van der Waals surface area contributed by atoms with E-state index in [0.717, 1.165) is 21.3 Å². The van der Waals surface area contributed by atoms with E-state index in [1.807, 2.05) is 35.0 Å². The Balaban J connectivity index is 1.70. The molecule has 1 aliphatic heterocycles. The summed E-state index contributed by atoms with van der Waals surface area (Å²) < 4.78 is 12.2. The predicted octanol–water partition coefficient (Wildman–Crippen LogP) is 3.87. The van der Waals surface area contributed by atoms with Crippen molar-refractivity contribution >= 4 is 34.1 Å². The molecule has 0 saturated carbocycles. The quantitative estimate of drug-likeness (QED) is 0.572. The average molecular weight is 368 g/mol. The molecule has 1 atom stereocenters. The van der Waals surface area contributed by atoms with Crippen LogP contribution in [0.5, 0.6) is 0 Å². The molecule has 1 aliphatic rings. The number of thiazole rings is 1. The lowest BCUT2D eigenvalue weighted by Gasteiger charge is -2.25. The predicted molar refractivity (Wildman–Crippen MR) is 95.5 cm³/mol. The topological polar surface area (TPSA) is 76.0 Å². The molecule has 8 heteroatoms. The van der Waals surface area contributed by atoms with Crippen molar-refractivity contribution in [2.45, 2.75) is 5.72 Å². The summed E-state index contributed by atoms with van der Waals surface area (Å²) in [6.45, 7) is 0. The van der Waals surface area contributed by atoms with Crippen molar-refractivity contribution in [1.82, 2.24) is 20.3 Å². The minimum absolute atomic E-state index is 0.637. The van der Waals surface area contributed by atoms with Crippen LogP contribution in [0.1, 0.15) is 21.5 Å². The van der Waals surface area contributed by atoms with E-state index in [-0.39, 0.29) is 0 Å². The van der Waals surface area contributed by atoms with Crippen LogP contribution in [0.3, 0.4) is 0 Å². The van der Waals surface area contributed by atoms with E-state index in [9.17, 15) is 0 Å². The fourth-order valence-corrected chi connectivity index (χ4v) is 4.25. The molecule has 2 N–H and O–H groups in total. The molecule has 5 heterocycles. The first-order valence-corrected chi connectivity index (χ1v) is 9.32. The molecular formula is C17H12N4O2S2. The highest BCUT2D eigenvalue weighted by Crippen LogP contribution is 2.46. The first-order chi connectivity index (χ1) is 12.4. The molecule has 1 unspecified atom stereocenters. The van der Waals surface area contributed by atoms with E-state index >= 15 is 0 Å². The van der Waals surface area contributed by atoms with Gasteiger partial charge in [-0.25, -0.2) is 9.97 Å². The molecular weight excluding hydrogens is 356 g/mol. The van der Waals surface area contributed by atoms with E-state index in [4.69, 9.17) is 9.15 Å². The Hall–Kier alpha value is -2.84. The van der Waals surface area contributed by atoms with E-state index in [1.54, 1.807) is 36.2 Å². The zero-order valence-corrected chi connectivity index (χ0v) is 14.4. The Morgan fingerprint density at radius 3 is 2.72 bits per heavy atom. The molecule has 0 fully saturated rings. The van der Waals surface area contributed by atoms with Crippen LogP contribution in [0.4, 0.5) is 0 Å². The summed E-state index contributed by atoms with van der Waals surface area (Å²) in [4.78, 5) is 13.0. The standard InChI is InChI=1S/C17H12N4O2S2/c1-4-12(22-8-1)17(16-20-7-10-25-16)21-13(15-18-5-6-19-15)14(23-17)11-3-2-9-24-11/h1-10,21H,(H,18,19). The number of nitrogens with one attached hydrogen (secondary N) is 2. The smallest absolute Gasteiger partial charge is 0.292 e. The number of furan rings is 1. The second-order valence-corrected chi connectivity index (χ2v) is 7.18. The Bertz CT molecular complexity index is 905. The van der Waals surface area contributed by atoms with E-state index in [2.05, 4.69) is 20.3 Å². The lowest BCUT2D eigenvalue weighted by molar-refractivity contribution is 0.0560. The molecule has 0 aliphatic carbocycles. The van der Waals surface area contributed by atoms with E-state index < -0.39 is 5.72 Å². The summed E-state index contributed by atoms with van der Waals surface area (Å²) in [5.74, 6) is 2.06. The van der Waals surface area contributed by atoms with Crippen LogP contribution in [0, 0.1) is 0 Å². The number of aromatic nitrogens is 3. The van der Waals surface area contributed by atoms with Gasteiger partial charge in [0, 0.05) is 24.0 Å². The van der Waals surface area contributed by atoms with Gasteiger partial charge < -0.3 is 19.5 Å². The van der Waals surface area contributed by atoms with Crippen LogP contribution in [-0.2, 0) is 10.5 Å². The van der Waals surface area contributed by atoms with E-state index in [0.29, 0.717) is 11.6 Å². The van der Waals surface area contributed by atoms with Gasteiger partial charge in [0.05, 0.1) is 11.1 Å². The minimum Gasteiger partial charge on any atom is -0.462 e. The van der Waals surface area contributed by atoms with E-state index in [1.165, 1.54) is 11.3 Å². The number of nitrogens with zero attached hydrogens (tertiary/aromatic N) is 2. The first kappa shape index (κ1) is 14.5. The molecule has 0 spiro atoms. The van der Waals surface area contributed by atoms with Crippen molar-refractivity contribution in [2.75, 3.05) is 0 Å². The molecule has 0 saturated heterocycles. The molecule has 5 rings (SSSR count). The van der Waals surface area contributed by atoms with Crippen molar-refractivity contribution < 1.29 is 9.15 Å². The largest absolute Gasteiger partial charge is 0.462 e. The minimum atomic E-state index is -1.01. The number of hydrogen-bond acceptors (Lipinski definition) is 7. The van der Waals surface area contributed by atoms with Crippen molar-refractivity contribution in [3.63, 3.8) is 0 Å². The van der Waals surface area contributed by atoms with Crippen LogP contribution in [0.15, 0.2) is 64.3 Å². The number of H-pyrrole nitrogens is 1. The van der Waals surface area contributed by atoms with Gasteiger partial charge in [-0.05, 0) is 23.6 Å². The maximum atomic E-state index is 6.49. The fraction of sp³-hybridized carbons (Fsp3) is 0.0588. The molecule has 6 nitrogen and oxygen atoms in total. The van der Waals surface area contributed by atoms with Crippen LogP contribution in [0.25, 0.3) is 11.5 Å². The third-order valence-corrected chi connectivity index (χ3v) is 5.61. The SMILES string of the molecule is c1coc(C2(c3nccs3)NC(c3ncc[nH]3)=C(c3cccs3)O2)c1. The zero-order valence-electron chi connectivity index (χ0n) is 12.8. The molecule has 0 bridgehead atoms. The molecule has 4 aromatic heterocycles. The normalized spacial score (nSPS) is 19.8. The molecule has 0 radical (unpaired) electrons. The number of ether oxygens (including phenoxy) is 1. The summed E-state index contributed by atoms with van der Waals surface area (Å²) in [7, 11) is 0. The highest BCUT2D eigenvalue weighted by molar-refractivity contribution is 7.11. The molecule has 4 aromatic rings. The number of hydrogen-bond donors (Lipinski definition) is 2. The van der Waals surface area contributed by atoms with Crippen molar-refractivity contribution in [3.05, 3.63) is 81.3 Å². The lowest BCUT2D eigenvalue weighted by atomic mass is 10.1. The summed E-state index contributed by atoms with van der Waals surface area (Å²) in [5, 5.41) is 8.17. The van der Waals surface area contributed by atoms with Crippen molar-refractivity contribution in [3.8, 4) is 0 Å². The second kappa shape index (κ2) is 5.61. The van der Waals surface area contributed by atoms with Gasteiger partial charge in [-0.15, -0.1) is 22.7 Å². The number of imidazole rings is 1. The van der Waals surface area contributed by atoms with Gasteiger partial charge in [0.15, 0.2) is 22.4 Å². The van der Waals surface area contributed by atoms with Crippen LogP contribution >= 0.6 is 22.7 Å². The molecule has 0 amide bonds. The molecule has 124 valence electrons. The summed E-state index contributed by atoms with van der Waals surface area (Å²) >= 11 is 3.11. The highest BCUT2D eigenvalue weighted by atomic mass is 32.1. The zero-order chi connectivity index (χ0) is 16.7. The summed E-state index contributed by atoms with van der Waals surface area (Å²) in [6.07, 6.45) is 6.88. The van der Waals surface area contributed by atoms with Gasteiger partial charge >= 0.3 is 0 Å². The summed E-state index contributed by atoms with van der Waals surface area (Å²) in [6, 6.07) is 7.73. The monoisotopic (exact) mass is 368 g/mol. The highest BCUT2D eigenvalue weighted by Gasteiger charge is 2.49. The second-order valence-electron chi connectivity index (χ2n) is 5.34. The lowest BCUT2D eigenvalue weighted by Crippen LogP contribution is -2.39. The van der Waals surface area contributed by atoms with Gasteiger partial charge in [-0.2, -0.15) is 0 Å². The van der Waals surface area contributed by atoms with Crippen molar-refractivity contribution in [1.29, 1.82) is 0 Å². The van der Waals surface area contributed by atoms with Crippen LogP contribution < -0.4 is 5.32 Å². The van der Waals surface area contributed by atoms with Gasteiger partial charge in [0.25, 0.3) is 5.72 Å². The average Bonchev–Trinajstić information content (AvgIpc) is 3.49. The van der Waals surface area contributed by atoms with Gasteiger partial charge in [0.2, 0.25) is 0 Å². The Morgan fingerprint density at radius 1 is 1.04 bits per heavy atom. The van der Waals surface area contributed by atoms with Crippen LogP contribution in [0.2, 0.25) is 0 Å². The maximum absolute atomic E-state index is 6.49. The maximum Gasteiger partial charge on any atom is 0.292 e. The third-order valence-electron chi connectivity index (χ3n) is 3.86. The molecule has 0 aromatic carbocycles. The fourth-order valence-electron chi connectivity index (χ4n) is 2.80. The Kier molecular flexibility index (Phi) is 3.25. The Morgan fingerprint density at radius 2 is 2.04 bits per heavy atom. The van der Waals surface area contributed by atoms with Gasteiger partial charge in [-0.1, -0.05) is 6.07 Å². The van der Waals surface area contributed by atoms with Gasteiger partial charge in [-0.3, -0.25) is 0 Å². The Labute approximate surface area is 150 Å². The number of rotatable bonds is 4. The molecule has 25 heavy (non-hydrogen) atoms. The van der Waals surface area contributed by atoms with Crippen molar-refractivity contribution in [2.24, 2.45) is 0 Å². The van der Waals surface area contributed by atoms with Crippen LogP contribution in [-0.4, -0.2) is 15.0 Å². The number of aromatic amines is 1. The third kappa shape index (κ3) is 2.22. The summed E-state index contributed by atoms with van der Waals surface area (Å²) in [5.41, 5.74) is -0.238.